The summed E-state index contributed by atoms with van der Waals surface area (Å²) >= 11 is 19.2. The Bertz CT molecular complexity index is 1430. The maximum Gasteiger partial charge on any atom is 0.259 e. The van der Waals surface area contributed by atoms with Gasteiger partial charge in [-0.2, -0.15) is 4.98 Å². The summed E-state index contributed by atoms with van der Waals surface area (Å²) in [6.07, 6.45) is 3.26. The van der Waals surface area contributed by atoms with E-state index in [4.69, 9.17) is 46.8 Å². The van der Waals surface area contributed by atoms with E-state index in [0.717, 1.165) is 5.56 Å². The van der Waals surface area contributed by atoms with Gasteiger partial charge in [-0.15, -0.1) is 0 Å². The number of aromatic nitrogens is 4. The number of hydrogen-bond donors (Lipinski definition) is 0. The molecule has 1 aliphatic rings. The lowest BCUT2D eigenvalue weighted by Crippen LogP contribution is -2.08. The molecule has 5 rings (SSSR count). The zero-order chi connectivity index (χ0) is 24.2. The molecule has 9 heteroatoms. The van der Waals surface area contributed by atoms with Crippen molar-refractivity contribution in [3.63, 3.8) is 0 Å². The average Bonchev–Trinajstić information content (AvgIpc) is 3.46. The van der Waals surface area contributed by atoms with Gasteiger partial charge in [0.25, 0.3) is 5.89 Å². The molecule has 1 atom stereocenters. The standard InChI is InChI=1S/C23H19Cl3N4O2/c1-12-3-4-14(5-12)11-31-20-8-16(24)15(7-17(20)25)23-28-21(29-32-23)19-10-30-9-13(2)6-18(26)22(30)27-19/h6-10,14H,1,3-5,11H2,2H3/i3D2. The van der Waals surface area contributed by atoms with Crippen LogP contribution in [0.2, 0.25) is 15.1 Å². The zero-order valence-electron chi connectivity index (χ0n) is 19.0. The maximum absolute atomic E-state index is 7.95. The summed E-state index contributed by atoms with van der Waals surface area (Å²) < 4.78 is 29.0. The van der Waals surface area contributed by atoms with E-state index in [-0.39, 0.29) is 17.6 Å². The predicted molar refractivity (Wildman–Crippen MR) is 126 cm³/mol. The number of hydrogen-bond acceptors (Lipinski definition) is 5. The fraction of sp³-hybridized carbons (Fsp3) is 0.261. The van der Waals surface area contributed by atoms with Crippen LogP contribution in [-0.4, -0.2) is 26.1 Å². The van der Waals surface area contributed by atoms with E-state index in [1.165, 1.54) is 0 Å². The Kier molecular flexibility index (Phi) is 5.00. The van der Waals surface area contributed by atoms with Gasteiger partial charge >= 0.3 is 0 Å². The topological polar surface area (TPSA) is 65.5 Å². The van der Waals surface area contributed by atoms with Crippen molar-refractivity contribution < 1.29 is 12.0 Å². The Morgan fingerprint density at radius 1 is 1.19 bits per heavy atom. The molecule has 164 valence electrons. The molecule has 1 fully saturated rings. The van der Waals surface area contributed by atoms with E-state index in [1.807, 2.05) is 23.6 Å². The van der Waals surface area contributed by atoms with E-state index < -0.39 is 6.37 Å². The quantitative estimate of drug-likeness (QED) is 0.280. The molecule has 3 heterocycles. The average molecular weight is 492 g/mol. The van der Waals surface area contributed by atoms with Crippen LogP contribution in [0.5, 0.6) is 5.75 Å². The highest BCUT2D eigenvalue weighted by Gasteiger charge is 2.21. The lowest BCUT2D eigenvalue weighted by Gasteiger charge is -2.13. The van der Waals surface area contributed by atoms with Gasteiger partial charge in [-0.1, -0.05) is 52.1 Å². The summed E-state index contributed by atoms with van der Waals surface area (Å²) in [4.78, 5) is 8.93. The van der Waals surface area contributed by atoms with Crippen molar-refractivity contribution in [3.05, 3.63) is 63.4 Å². The van der Waals surface area contributed by atoms with Crippen LogP contribution in [0.15, 0.2) is 47.3 Å². The largest absolute Gasteiger partial charge is 0.492 e. The minimum absolute atomic E-state index is 0.0261. The van der Waals surface area contributed by atoms with Gasteiger partial charge in [-0.3, -0.25) is 0 Å². The zero-order valence-corrected chi connectivity index (χ0v) is 19.3. The second-order valence-corrected chi connectivity index (χ2v) is 9.00. The number of nitrogens with zero attached hydrogens (tertiary/aromatic N) is 4. The third-order valence-corrected chi connectivity index (χ3v) is 6.09. The van der Waals surface area contributed by atoms with Gasteiger partial charge in [0.1, 0.15) is 11.4 Å². The molecule has 0 saturated heterocycles. The highest BCUT2D eigenvalue weighted by molar-refractivity contribution is 6.36. The van der Waals surface area contributed by atoms with Crippen LogP contribution in [0.4, 0.5) is 0 Å². The number of aryl methyl sites for hydroxylation is 1. The molecule has 0 bridgehead atoms. The van der Waals surface area contributed by atoms with Crippen LogP contribution in [0.1, 0.15) is 27.5 Å². The summed E-state index contributed by atoms with van der Waals surface area (Å²) in [5.41, 5.74) is 3.14. The first-order valence-electron chi connectivity index (χ1n) is 10.9. The number of halogens is 3. The fourth-order valence-electron chi connectivity index (χ4n) is 3.64. The van der Waals surface area contributed by atoms with Gasteiger partial charge in [0.15, 0.2) is 5.65 Å². The number of ether oxygens (including phenoxy) is 1. The summed E-state index contributed by atoms with van der Waals surface area (Å²) in [6, 6.07) is 5.03. The summed E-state index contributed by atoms with van der Waals surface area (Å²) in [5.74, 6) is 0.903. The van der Waals surface area contributed by atoms with Crippen molar-refractivity contribution in [3.8, 4) is 28.7 Å². The number of rotatable bonds is 5. The molecule has 1 unspecified atom stereocenters. The molecule has 3 aromatic heterocycles. The molecule has 0 spiro atoms. The van der Waals surface area contributed by atoms with Gasteiger partial charge in [0.05, 0.1) is 27.2 Å². The van der Waals surface area contributed by atoms with Gasteiger partial charge in [-0.05, 0) is 49.8 Å². The van der Waals surface area contributed by atoms with Gasteiger partial charge < -0.3 is 13.7 Å². The summed E-state index contributed by atoms with van der Waals surface area (Å²) in [5, 5.41) is 5.21. The molecule has 1 aliphatic carbocycles. The van der Waals surface area contributed by atoms with Crippen molar-refractivity contribution in [2.75, 3.05) is 6.61 Å². The Morgan fingerprint density at radius 2 is 2.03 bits per heavy atom. The normalized spacial score (nSPS) is 18.8. The molecule has 0 aliphatic heterocycles. The van der Waals surface area contributed by atoms with Crippen LogP contribution >= 0.6 is 34.8 Å². The molecule has 0 radical (unpaired) electrons. The summed E-state index contributed by atoms with van der Waals surface area (Å²) in [6.45, 7) is 6.08. The van der Waals surface area contributed by atoms with Crippen LogP contribution in [0, 0.1) is 12.8 Å². The molecule has 0 N–H and O–H groups in total. The fourth-order valence-corrected chi connectivity index (χ4v) is 4.41. The molecule has 6 nitrogen and oxygen atoms in total. The first kappa shape index (κ1) is 19.0. The minimum Gasteiger partial charge on any atom is -0.492 e. The Labute approximate surface area is 202 Å². The molecule has 0 amide bonds. The first-order valence-corrected chi connectivity index (χ1v) is 11.0. The molecular formula is C23H19Cl3N4O2. The van der Waals surface area contributed by atoms with E-state index in [9.17, 15) is 0 Å². The number of allylic oxidation sites excluding steroid dienone is 1. The van der Waals surface area contributed by atoms with Crippen LogP contribution in [0.25, 0.3) is 28.6 Å². The molecule has 4 aromatic rings. The van der Waals surface area contributed by atoms with Gasteiger partial charge in [0.2, 0.25) is 5.82 Å². The summed E-state index contributed by atoms with van der Waals surface area (Å²) in [7, 11) is 0. The van der Waals surface area contributed by atoms with Crippen LogP contribution < -0.4 is 4.74 Å². The maximum atomic E-state index is 7.95. The van der Waals surface area contributed by atoms with Crippen molar-refractivity contribution in [1.29, 1.82) is 0 Å². The number of fused-ring (bicyclic) bond motifs is 1. The van der Waals surface area contributed by atoms with E-state index >= 15 is 0 Å². The monoisotopic (exact) mass is 490 g/mol. The van der Waals surface area contributed by atoms with Gasteiger partial charge in [0, 0.05) is 21.2 Å². The van der Waals surface area contributed by atoms with Crippen molar-refractivity contribution in [2.45, 2.75) is 26.1 Å². The second kappa shape index (κ2) is 8.43. The van der Waals surface area contributed by atoms with Crippen molar-refractivity contribution in [2.24, 2.45) is 5.92 Å². The lowest BCUT2D eigenvalue weighted by molar-refractivity contribution is 0.254. The highest BCUT2D eigenvalue weighted by atomic mass is 35.5. The first-order chi connectivity index (χ1) is 16.1. The minimum atomic E-state index is -1.36. The van der Waals surface area contributed by atoms with Crippen LogP contribution in [-0.2, 0) is 0 Å². The van der Waals surface area contributed by atoms with Gasteiger partial charge in [-0.25, -0.2) is 4.98 Å². The highest BCUT2D eigenvalue weighted by Crippen LogP contribution is 2.38. The van der Waals surface area contributed by atoms with E-state index in [0.29, 0.717) is 62.7 Å². The smallest absolute Gasteiger partial charge is 0.259 e. The number of imidazole rings is 1. The SMILES string of the molecule is [2H]C1([2H])CC(COc2cc(Cl)c(-c3nc(-c4cn5cc(C)cc(Cl)c5n4)no3)cc2Cl)CC1=C. The Balaban J connectivity index is 1.36. The second-order valence-electron chi connectivity index (χ2n) is 7.77. The Hall–Kier alpha value is -2.54. The van der Waals surface area contributed by atoms with E-state index in [1.54, 1.807) is 18.3 Å². The van der Waals surface area contributed by atoms with Crippen molar-refractivity contribution >= 4 is 40.4 Å². The number of benzene rings is 1. The van der Waals surface area contributed by atoms with Crippen molar-refractivity contribution in [1.82, 2.24) is 19.5 Å². The lowest BCUT2D eigenvalue weighted by atomic mass is 10.1. The Morgan fingerprint density at radius 3 is 2.81 bits per heavy atom. The molecule has 1 aromatic carbocycles. The third-order valence-electron chi connectivity index (χ3n) is 5.20. The predicted octanol–water partition coefficient (Wildman–Crippen LogP) is 7.06. The van der Waals surface area contributed by atoms with E-state index in [2.05, 4.69) is 21.7 Å². The number of pyridine rings is 1. The molecular weight excluding hydrogens is 471 g/mol. The molecule has 32 heavy (non-hydrogen) atoms. The molecule has 1 saturated carbocycles. The third kappa shape index (κ3) is 4.10. The van der Waals surface area contributed by atoms with Crippen LogP contribution in [0.3, 0.4) is 0 Å².